The lowest BCUT2D eigenvalue weighted by atomic mass is 9.88. The first-order valence-corrected chi connectivity index (χ1v) is 7.18. The highest BCUT2D eigenvalue weighted by Crippen LogP contribution is 2.27. The largest absolute Gasteiger partial charge is 0.316 e. The lowest BCUT2D eigenvalue weighted by molar-refractivity contribution is 0.135. The number of hydrogen-bond donors (Lipinski definition) is 1. The zero-order chi connectivity index (χ0) is 13.9. The average molecular weight is 301 g/mol. The minimum Gasteiger partial charge on any atom is -0.316 e. The molecule has 1 saturated heterocycles. The van der Waals surface area contributed by atoms with Crippen LogP contribution in [0, 0.1) is 11.2 Å². The molecule has 1 fully saturated rings. The number of rotatable bonds is 5. The molecule has 1 aromatic rings. The molecule has 1 heterocycles. The Kier molecular flexibility index (Phi) is 6.44. The number of halogens is 2. The van der Waals surface area contributed by atoms with Crippen molar-refractivity contribution in [3.05, 3.63) is 35.6 Å². The highest BCUT2D eigenvalue weighted by Gasteiger charge is 2.31. The summed E-state index contributed by atoms with van der Waals surface area (Å²) in [5, 5.41) is 3.43. The number of hydrogen-bond acceptors (Lipinski definition) is 2. The van der Waals surface area contributed by atoms with Crippen molar-refractivity contribution in [1.29, 1.82) is 0 Å². The SMILES string of the molecule is CC(C)N(Cc1ccccc1F)CC1(C)CCNC1.Cl. The lowest BCUT2D eigenvalue weighted by Crippen LogP contribution is -2.40. The maximum atomic E-state index is 13.8. The quantitative estimate of drug-likeness (QED) is 0.896. The molecule has 1 unspecified atom stereocenters. The third kappa shape index (κ3) is 4.44. The van der Waals surface area contributed by atoms with Crippen LogP contribution in [0.5, 0.6) is 0 Å². The predicted octanol–water partition coefficient (Wildman–Crippen LogP) is 3.46. The normalized spacial score (nSPS) is 22.3. The van der Waals surface area contributed by atoms with Crippen LogP contribution in [0.25, 0.3) is 0 Å². The first-order valence-electron chi connectivity index (χ1n) is 7.18. The van der Waals surface area contributed by atoms with Crippen molar-refractivity contribution in [2.45, 2.75) is 39.8 Å². The summed E-state index contributed by atoms with van der Waals surface area (Å²) in [6, 6.07) is 7.53. The van der Waals surface area contributed by atoms with E-state index in [2.05, 4.69) is 31.0 Å². The van der Waals surface area contributed by atoms with Crippen LogP contribution < -0.4 is 5.32 Å². The zero-order valence-corrected chi connectivity index (χ0v) is 13.5. The van der Waals surface area contributed by atoms with Crippen LogP contribution in [0.3, 0.4) is 0 Å². The van der Waals surface area contributed by atoms with Crippen LogP contribution in [-0.4, -0.2) is 30.6 Å². The smallest absolute Gasteiger partial charge is 0.127 e. The van der Waals surface area contributed by atoms with Crippen LogP contribution in [0.15, 0.2) is 24.3 Å². The Hall–Kier alpha value is -0.640. The first-order chi connectivity index (χ1) is 9.00. The van der Waals surface area contributed by atoms with E-state index in [0.717, 1.165) is 25.2 Å². The van der Waals surface area contributed by atoms with Crippen LogP contribution in [0.4, 0.5) is 4.39 Å². The van der Waals surface area contributed by atoms with Gasteiger partial charge in [-0.2, -0.15) is 0 Å². The zero-order valence-electron chi connectivity index (χ0n) is 12.7. The van der Waals surface area contributed by atoms with Crippen molar-refractivity contribution < 1.29 is 4.39 Å². The summed E-state index contributed by atoms with van der Waals surface area (Å²) >= 11 is 0. The van der Waals surface area contributed by atoms with E-state index in [1.807, 2.05) is 12.1 Å². The molecule has 1 aliphatic rings. The van der Waals surface area contributed by atoms with Crippen LogP contribution in [0.1, 0.15) is 32.8 Å². The van der Waals surface area contributed by atoms with Gasteiger partial charge in [0.25, 0.3) is 0 Å². The molecule has 0 aromatic heterocycles. The fraction of sp³-hybridized carbons (Fsp3) is 0.625. The Morgan fingerprint density at radius 3 is 2.60 bits per heavy atom. The highest BCUT2D eigenvalue weighted by molar-refractivity contribution is 5.85. The van der Waals surface area contributed by atoms with E-state index in [-0.39, 0.29) is 18.2 Å². The topological polar surface area (TPSA) is 15.3 Å². The van der Waals surface area contributed by atoms with Crippen molar-refractivity contribution in [3.63, 3.8) is 0 Å². The average Bonchev–Trinajstić information content (AvgIpc) is 2.78. The molecule has 20 heavy (non-hydrogen) atoms. The van der Waals surface area contributed by atoms with E-state index in [0.29, 0.717) is 18.0 Å². The fourth-order valence-electron chi connectivity index (χ4n) is 2.76. The van der Waals surface area contributed by atoms with Gasteiger partial charge < -0.3 is 5.32 Å². The van der Waals surface area contributed by atoms with Gasteiger partial charge in [0, 0.05) is 31.2 Å². The van der Waals surface area contributed by atoms with Crippen molar-refractivity contribution in [2.24, 2.45) is 5.41 Å². The Bertz CT molecular complexity index is 417. The Balaban J connectivity index is 0.00000200. The second-order valence-electron chi connectivity index (χ2n) is 6.33. The monoisotopic (exact) mass is 300 g/mol. The molecular formula is C16H26ClFN2. The number of benzene rings is 1. The summed E-state index contributed by atoms with van der Waals surface area (Å²) < 4.78 is 13.8. The van der Waals surface area contributed by atoms with E-state index < -0.39 is 0 Å². The van der Waals surface area contributed by atoms with E-state index in [9.17, 15) is 4.39 Å². The van der Waals surface area contributed by atoms with E-state index in [4.69, 9.17) is 0 Å². The molecule has 0 bridgehead atoms. The molecule has 1 aliphatic heterocycles. The predicted molar refractivity (Wildman–Crippen MR) is 84.8 cm³/mol. The number of nitrogens with zero attached hydrogens (tertiary/aromatic N) is 1. The second kappa shape index (κ2) is 7.39. The molecule has 114 valence electrons. The van der Waals surface area contributed by atoms with Crippen LogP contribution >= 0.6 is 12.4 Å². The van der Waals surface area contributed by atoms with Gasteiger partial charge in [-0.25, -0.2) is 4.39 Å². The minimum atomic E-state index is -0.0946. The van der Waals surface area contributed by atoms with Gasteiger partial charge in [-0.3, -0.25) is 4.90 Å². The molecular weight excluding hydrogens is 275 g/mol. The minimum absolute atomic E-state index is 0. The summed E-state index contributed by atoms with van der Waals surface area (Å²) in [6.45, 7) is 10.6. The molecule has 1 aromatic carbocycles. The van der Waals surface area contributed by atoms with Crippen molar-refractivity contribution in [2.75, 3.05) is 19.6 Å². The Labute approximate surface area is 128 Å². The Morgan fingerprint density at radius 1 is 1.35 bits per heavy atom. The maximum absolute atomic E-state index is 13.8. The summed E-state index contributed by atoms with van der Waals surface area (Å²) in [6.07, 6.45) is 1.20. The van der Waals surface area contributed by atoms with Crippen molar-refractivity contribution >= 4 is 12.4 Å². The van der Waals surface area contributed by atoms with Gasteiger partial charge in [0.1, 0.15) is 5.82 Å². The molecule has 2 rings (SSSR count). The molecule has 4 heteroatoms. The summed E-state index contributed by atoms with van der Waals surface area (Å²) in [4.78, 5) is 2.38. The summed E-state index contributed by atoms with van der Waals surface area (Å²) in [5.41, 5.74) is 1.11. The van der Waals surface area contributed by atoms with Gasteiger partial charge in [0.15, 0.2) is 0 Å². The molecule has 0 saturated carbocycles. The third-order valence-corrected chi connectivity index (χ3v) is 4.10. The molecule has 2 nitrogen and oxygen atoms in total. The second-order valence-corrected chi connectivity index (χ2v) is 6.33. The molecule has 1 atom stereocenters. The Morgan fingerprint density at radius 2 is 2.05 bits per heavy atom. The van der Waals surface area contributed by atoms with Gasteiger partial charge in [-0.1, -0.05) is 25.1 Å². The third-order valence-electron chi connectivity index (χ3n) is 4.10. The molecule has 0 radical (unpaired) electrons. The van der Waals surface area contributed by atoms with Gasteiger partial charge in [-0.05, 0) is 38.3 Å². The maximum Gasteiger partial charge on any atom is 0.127 e. The first kappa shape index (κ1) is 17.4. The highest BCUT2D eigenvalue weighted by atomic mass is 35.5. The lowest BCUT2D eigenvalue weighted by Gasteiger charge is -2.34. The van der Waals surface area contributed by atoms with Gasteiger partial charge in [0.05, 0.1) is 0 Å². The fourth-order valence-corrected chi connectivity index (χ4v) is 2.76. The van der Waals surface area contributed by atoms with E-state index >= 15 is 0 Å². The van der Waals surface area contributed by atoms with Gasteiger partial charge in [-0.15, -0.1) is 12.4 Å². The van der Waals surface area contributed by atoms with Gasteiger partial charge >= 0.3 is 0 Å². The van der Waals surface area contributed by atoms with Crippen LogP contribution in [0.2, 0.25) is 0 Å². The summed E-state index contributed by atoms with van der Waals surface area (Å²) in [5.74, 6) is -0.0946. The molecule has 1 N–H and O–H groups in total. The van der Waals surface area contributed by atoms with Crippen molar-refractivity contribution in [1.82, 2.24) is 10.2 Å². The van der Waals surface area contributed by atoms with Crippen molar-refractivity contribution in [3.8, 4) is 0 Å². The van der Waals surface area contributed by atoms with E-state index in [1.165, 1.54) is 6.42 Å². The van der Waals surface area contributed by atoms with Crippen LogP contribution in [-0.2, 0) is 6.54 Å². The molecule has 0 spiro atoms. The van der Waals surface area contributed by atoms with E-state index in [1.54, 1.807) is 12.1 Å². The van der Waals surface area contributed by atoms with Gasteiger partial charge in [0.2, 0.25) is 0 Å². The molecule has 0 amide bonds. The molecule has 0 aliphatic carbocycles. The standard InChI is InChI=1S/C16H25FN2.ClH/c1-13(2)19(12-16(3)8-9-18-11-16)10-14-6-4-5-7-15(14)17;/h4-7,13,18H,8-12H2,1-3H3;1H. The number of nitrogens with one attached hydrogen (secondary N) is 1. The summed E-state index contributed by atoms with van der Waals surface area (Å²) in [7, 11) is 0.